The Bertz CT molecular complexity index is 724. The highest BCUT2D eigenvalue weighted by Gasteiger charge is 2.22. The highest BCUT2D eigenvalue weighted by molar-refractivity contribution is 5.98. The monoisotopic (exact) mass is 443 g/mol. The molecule has 0 bridgehead atoms. The van der Waals surface area contributed by atoms with E-state index in [0.717, 1.165) is 63.4 Å². The first-order chi connectivity index (χ1) is 15.5. The van der Waals surface area contributed by atoms with Crippen LogP contribution in [0, 0.1) is 5.92 Å². The molecule has 1 aromatic rings. The van der Waals surface area contributed by atoms with Gasteiger partial charge >= 0.3 is 0 Å². The van der Waals surface area contributed by atoms with E-state index in [0.29, 0.717) is 24.5 Å². The Morgan fingerprint density at radius 3 is 2.34 bits per heavy atom. The van der Waals surface area contributed by atoms with Crippen LogP contribution in [0.2, 0.25) is 0 Å². The van der Waals surface area contributed by atoms with E-state index >= 15 is 0 Å². The van der Waals surface area contributed by atoms with Crippen LogP contribution in [0.4, 0.5) is 0 Å². The lowest BCUT2D eigenvalue weighted by Crippen LogP contribution is -2.39. The fraction of sp³-hybridized carbons (Fsp3) is 0.630. The van der Waals surface area contributed by atoms with Gasteiger partial charge in [-0.15, -0.1) is 0 Å². The number of unbranched alkanes of at least 4 members (excludes halogenated alkanes) is 3. The predicted molar refractivity (Wildman–Crippen MR) is 128 cm³/mol. The van der Waals surface area contributed by atoms with Crippen LogP contribution in [0.3, 0.4) is 0 Å². The Balaban J connectivity index is 1.64. The number of aliphatic hydroxyl groups is 2. The van der Waals surface area contributed by atoms with Crippen LogP contribution in [0.5, 0.6) is 0 Å². The molecular formula is C27H41NO4. The average molecular weight is 444 g/mol. The third-order valence-electron chi connectivity index (χ3n) is 6.51. The summed E-state index contributed by atoms with van der Waals surface area (Å²) in [7, 11) is 0. The van der Waals surface area contributed by atoms with Gasteiger partial charge in [0.2, 0.25) is 5.91 Å². The van der Waals surface area contributed by atoms with Gasteiger partial charge in [-0.1, -0.05) is 55.7 Å². The molecule has 1 unspecified atom stereocenters. The van der Waals surface area contributed by atoms with Crippen LogP contribution in [0.1, 0.15) is 83.1 Å². The van der Waals surface area contributed by atoms with Gasteiger partial charge in [0, 0.05) is 12.8 Å². The molecule has 2 rings (SSSR count). The van der Waals surface area contributed by atoms with E-state index in [9.17, 15) is 9.59 Å². The van der Waals surface area contributed by atoms with Gasteiger partial charge in [-0.3, -0.25) is 9.59 Å². The van der Waals surface area contributed by atoms with E-state index in [-0.39, 0.29) is 19.1 Å². The zero-order valence-corrected chi connectivity index (χ0v) is 19.7. The molecule has 1 amide bonds. The van der Waals surface area contributed by atoms with Crippen molar-refractivity contribution in [2.45, 2.75) is 90.0 Å². The normalized spacial score (nSPS) is 14.9. The molecule has 1 aliphatic carbocycles. The molecule has 1 aliphatic rings. The molecule has 1 atom stereocenters. The minimum absolute atomic E-state index is 0.129. The van der Waals surface area contributed by atoms with Gasteiger partial charge < -0.3 is 15.5 Å². The number of rotatable bonds is 16. The summed E-state index contributed by atoms with van der Waals surface area (Å²) >= 11 is 0. The fourth-order valence-electron chi connectivity index (χ4n) is 4.37. The summed E-state index contributed by atoms with van der Waals surface area (Å²) in [5, 5.41) is 20.6. The van der Waals surface area contributed by atoms with E-state index < -0.39 is 6.04 Å². The topological polar surface area (TPSA) is 86.6 Å². The summed E-state index contributed by atoms with van der Waals surface area (Å²) in [6.07, 6.45) is 11.1. The summed E-state index contributed by atoms with van der Waals surface area (Å²) in [6, 6.07) is 10.1. The summed E-state index contributed by atoms with van der Waals surface area (Å²) in [4.78, 5) is 24.1. The van der Waals surface area contributed by atoms with E-state index in [2.05, 4.69) is 42.6 Å². The SMILES string of the molecule is CC(CCC1=C(CCCCCCC(=O)NC(CO)CO)C(=O)CC1)CCc1ccccc1. The van der Waals surface area contributed by atoms with Crippen molar-refractivity contribution in [3.8, 4) is 0 Å². The van der Waals surface area contributed by atoms with Crippen molar-refractivity contribution in [1.29, 1.82) is 0 Å². The van der Waals surface area contributed by atoms with Gasteiger partial charge in [-0.05, 0) is 68.4 Å². The number of carbonyl (C=O) groups is 2. The minimum atomic E-state index is -0.567. The van der Waals surface area contributed by atoms with Gasteiger partial charge in [0.05, 0.1) is 19.3 Å². The number of hydrogen-bond donors (Lipinski definition) is 3. The molecule has 5 nitrogen and oxygen atoms in total. The van der Waals surface area contributed by atoms with E-state index in [1.807, 2.05) is 0 Å². The van der Waals surface area contributed by atoms with Gasteiger partial charge in [0.15, 0.2) is 5.78 Å². The van der Waals surface area contributed by atoms with E-state index in [1.54, 1.807) is 0 Å². The van der Waals surface area contributed by atoms with Gasteiger partial charge in [0.25, 0.3) is 0 Å². The Morgan fingerprint density at radius 1 is 0.938 bits per heavy atom. The first-order valence-electron chi connectivity index (χ1n) is 12.3. The zero-order chi connectivity index (χ0) is 23.2. The zero-order valence-electron chi connectivity index (χ0n) is 19.7. The maximum absolute atomic E-state index is 12.4. The molecule has 3 N–H and O–H groups in total. The van der Waals surface area contributed by atoms with Crippen LogP contribution in [-0.4, -0.2) is 41.2 Å². The Hall–Kier alpha value is -1.98. The quantitative estimate of drug-likeness (QED) is 0.328. The third-order valence-corrected chi connectivity index (χ3v) is 6.51. The lowest BCUT2D eigenvalue weighted by molar-refractivity contribution is -0.122. The average Bonchev–Trinajstić information content (AvgIpc) is 3.16. The Morgan fingerprint density at radius 2 is 1.62 bits per heavy atom. The molecule has 0 heterocycles. The number of aliphatic hydroxyl groups excluding tert-OH is 2. The molecule has 32 heavy (non-hydrogen) atoms. The van der Waals surface area contributed by atoms with E-state index in [4.69, 9.17) is 10.2 Å². The molecule has 5 heteroatoms. The number of amides is 1. The standard InChI is InChI=1S/C27H41NO4/c1-21(13-15-22-9-5-4-6-10-22)14-16-23-17-18-26(31)25(23)11-7-2-3-8-12-27(32)28-24(19-29)20-30/h4-6,9-10,21,24,29-30H,2-3,7-8,11-20H2,1H3,(H,28,32). The summed E-state index contributed by atoms with van der Waals surface area (Å²) in [6.45, 7) is 1.82. The first-order valence-corrected chi connectivity index (χ1v) is 12.3. The van der Waals surface area contributed by atoms with Crippen LogP contribution in [0.15, 0.2) is 41.5 Å². The second-order valence-corrected chi connectivity index (χ2v) is 9.22. The molecule has 178 valence electrons. The number of Topliss-reactive ketones (excluding diaryl/α,β-unsaturated/α-hetero) is 1. The molecular weight excluding hydrogens is 402 g/mol. The highest BCUT2D eigenvalue weighted by atomic mass is 16.3. The molecule has 0 aromatic heterocycles. The van der Waals surface area contributed by atoms with Crippen molar-refractivity contribution in [2.75, 3.05) is 13.2 Å². The summed E-state index contributed by atoms with van der Waals surface area (Å²) in [5.41, 5.74) is 3.88. The van der Waals surface area contributed by atoms with Crippen LogP contribution >= 0.6 is 0 Å². The number of ketones is 1. The van der Waals surface area contributed by atoms with Crippen molar-refractivity contribution in [3.05, 3.63) is 47.0 Å². The van der Waals surface area contributed by atoms with Crippen molar-refractivity contribution in [3.63, 3.8) is 0 Å². The van der Waals surface area contributed by atoms with Crippen molar-refractivity contribution in [1.82, 2.24) is 5.32 Å². The highest BCUT2D eigenvalue weighted by Crippen LogP contribution is 2.32. The maximum Gasteiger partial charge on any atom is 0.220 e. The summed E-state index contributed by atoms with van der Waals surface area (Å²) in [5.74, 6) is 0.868. The van der Waals surface area contributed by atoms with Crippen LogP contribution in [0.25, 0.3) is 0 Å². The van der Waals surface area contributed by atoms with E-state index in [1.165, 1.54) is 17.6 Å². The summed E-state index contributed by atoms with van der Waals surface area (Å²) < 4.78 is 0. The molecule has 1 aromatic carbocycles. The maximum atomic E-state index is 12.4. The second-order valence-electron chi connectivity index (χ2n) is 9.22. The van der Waals surface area contributed by atoms with Crippen molar-refractivity contribution >= 4 is 11.7 Å². The number of nitrogens with one attached hydrogen (secondary N) is 1. The number of allylic oxidation sites excluding steroid dienone is 2. The lowest BCUT2D eigenvalue weighted by atomic mass is 9.92. The number of hydrogen-bond acceptors (Lipinski definition) is 4. The van der Waals surface area contributed by atoms with Gasteiger partial charge in [-0.2, -0.15) is 0 Å². The van der Waals surface area contributed by atoms with Crippen molar-refractivity contribution in [2.24, 2.45) is 5.92 Å². The number of carbonyl (C=O) groups excluding carboxylic acids is 2. The molecule has 0 fully saturated rings. The van der Waals surface area contributed by atoms with Crippen LogP contribution in [-0.2, 0) is 16.0 Å². The minimum Gasteiger partial charge on any atom is -0.394 e. The number of benzene rings is 1. The molecule has 0 saturated carbocycles. The van der Waals surface area contributed by atoms with Gasteiger partial charge in [-0.25, -0.2) is 0 Å². The first kappa shape index (κ1) is 26.3. The predicted octanol–water partition coefficient (Wildman–Crippen LogP) is 4.51. The number of aryl methyl sites for hydroxylation is 1. The van der Waals surface area contributed by atoms with Gasteiger partial charge in [0.1, 0.15) is 0 Å². The molecule has 0 radical (unpaired) electrons. The lowest BCUT2D eigenvalue weighted by Gasteiger charge is -2.13. The fourth-order valence-corrected chi connectivity index (χ4v) is 4.37. The van der Waals surface area contributed by atoms with Crippen molar-refractivity contribution < 1.29 is 19.8 Å². The largest absolute Gasteiger partial charge is 0.394 e. The molecule has 0 aliphatic heterocycles. The second kappa shape index (κ2) is 15.0. The molecule has 0 spiro atoms. The smallest absolute Gasteiger partial charge is 0.220 e. The Kier molecular flexibility index (Phi) is 12.3. The molecule has 0 saturated heterocycles. The third kappa shape index (κ3) is 9.66. The Labute approximate surface area is 193 Å². The van der Waals surface area contributed by atoms with Crippen LogP contribution < -0.4 is 5.32 Å².